The van der Waals surface area contributed by atoms with Crippen molar-refractivity contribution in [3.63, 3.8) is 0 Å². The second-order valence-electron chi connectivity index (χ2n) is 4.62. The lowest BCUT2D eigenvalue weighted by molar-refractivity contribution is 0.592. The van der Waals surface area contributed by atoms with Crippen LogP contribution in [-0.4, -0.2) is 35.7 Å². The van der Waals surface area contributed by atoms with Crippen LogP contribution in [0.5, 0.6) is 0 Å². The van der Waals surface area contributed by atoms with Gasteiger partial charge in [-0.2, -0.15) is 13.5 Å². The Morgan fingerprint density at radius 3 is 2.45 bits per heavy atom. The predicted molar refractivity (Wildman–Crippen MR) is 81.7 cm³/mol. The Balaban J connectivity index is 2.50. The zero-order chi connectivity index (χ0) is 16.5. The summed E-state index contributed by atoms with van der Waals surface area (Å²) in [5, 5.41) is 3.86. The average Bonchev–Trinajstić information content (AvgIpc) is 2.83. The van der Waals surface area contributed by atoms with Crippen LogP contribution in [0.15, 0.2) is 45.3 Å². The summed E-state index contributed by atoms with van der Waals surface area (Å²) in [6.45, 7) is 0. The third-order valence-electron chi connectivity index (χ3n) is 2.88. The van der Waals surface area contributed by atoms with Gasteiger partial charge in [0.1, 0.15) is 5.82 Å². The molecule has 0 spiro atoms. The first-order valence-corrected chi connectivity index (χ1v) is 9.41. The third-order valence-corrected chi connectivity index (χ3v) is 6.82. The second kappa shape index (κ2) is 5.69. The Morgan fingerprint density at radius 2 is 1.91 bits per heavy atom. The summed E-state index contributed by atoms with van der Waals surface area (Å²) in [7, 11) is -4.83. The summed E-state index contributed by atoms with van der Waals surface area (Å²) in [5.74, 6) is -0.766. The molecule has 2 aromatic rings. The number of aromatic nitrogens is 2. The van der Waals surface area contributed by atoms with Crippen molar-refractivity contribution >= 4 is 25.6 Å². The topological polar surface area (TPSA) is 84.6 Å². The van der Waals surface area contributed by atoms with Crippen LogP contribution in [0.1, 0.15) is 0 Å². The monoisotopic (exact) mass is 346 g/mol. The molecule has 1 heterocycles. The molecule has 7 nitrogen and oxygen atoms in total. The Bertz CT molecular complexity index is 914. The van der Waals surface area contributed by atoms with Gasteiger partial charge < -0.3 is 0 Å². The van der Waals surface area contributed by atoms with Crippen molar-refractivity contribution < 1.29 is 17.0 Å². The fourth-order valence-corrected chi connectivity index (χ4v) is 5.01. The van der Waals surface area contributed by atoms with Crippen LogP contribution >= 0.6 is 0 Å². The normalized spacial score (nSPS) is 14.4. The van der Waals surface area contributed by atoms with E-state index >= 15 is 0 Å². The van der Waals surface area contributed by atoms with Gasteiger partial charge in [0, 0.05) is 26.5 Å². The number of anilines is 1. The van der Waals surface area contributed by atoms with E-state index in [0.29, 0.717) is 0 Å². The highest BCUT2D eigenvalue weighted by molar-refractivity contribution is 8.03. The van der Waals surface area contributed by atoms with E-state index in [0.717, 1.165) is 16.6 Å². The molecule has 1 unspecified atom stereocenters. The quantitative estimate of drug-likeness (QED) is 0.837. The molecule has 0 N–H and O–H groups in total. The number of nitrogens with zero attached hydrogens (tertiary/aromatic N) is 4. The Labute approximate surface area is 128 Å². The van der Waals surface area contributed by atoms with Gasteiger partial charge in [0.05, 0.1) is 26.5 Å². The minimum atomic E-state index is -4.26. The summed E-state index contributed by atoms with van der Waals surface area (Å²) in [5.41, 5.74) is 0.259. The van der Waals surface area contributed by atoms with Crippen LogP contribution in [0, 0.1) is 5.82 Å². The van der Waals surface area contributed by atoms with Crippen LogP contribution < -0.4 is 4.31 Å². The number of benzene rings is 1. The maximum absolute atomic E-state index is 13.7. The Hall–Kier alpha value is -1.94. The number of hydrogen-bond acceptors (Lipinski definition) is 4. The van der Waals surface area contributed by atoms with E-state index in [4.69, 9.17) is 0 Å². The van der Waals surface area contributed by atoms with Gasteiger partial charge in [-0.05, 0) is 12.1 Å². The molecular formula is C12H15FN4O3S2. The van der Waals surface area contributed by atoms with Crippen LogP contribution in [0.3, 0.4) is 0 Å². The van der Waals surface area contributed by atoms with E-state index in [-0.39, 0.29) is 10.6 Å². The minimum Gasteiger partial charge on any atom is -0.274 e. The first kappa shape index (κ1) is 16.4. The molecule has 0 radical (unpaired) electrons. The zero-order valence-electron chi connectivity index (χ0n) is 12.2. The Morgan fingerprint density at radius 1 is 1.27 bits per heavy atom. The SMILES string of the molecule is CN(c1cnn(C)c1)S(=O)(=O)N=S(C)(=O)c1ccccc1F. The number of aryl methyl sites for hydroxylation is 1. The summed E-state index contributed by atoms with van der Waals surface area (Å²) in [4.78, 5) is -0.252. The van der Waals surface area contributed by atoms with Crippen molar-refractivity contribution in [3.05, 3.63) is 42.5 Å². The molecule has 22 heavy (non-hydrogen) atoms. The molecule has 1 atom stereocenters. The van der Waals surface area contributed by atoms with Gasteiger partial charge in [0.25, 0.3) is 0 Å². The molecule has 10 heteroatoms. The smallest absolute Gasteiger partial charge is 0.274 e. The fraction of sp³-hybridized carbons (Fsp3) is 0.250. The van der Waals surface area contributed by atoms with Gasteiger partial charge in [-0.15, -0.1) is 0 Å². The van der Waals surface area contributed by atoms with E-state index in [9.17, 15) is 17.0 Å². The van der Waals surface area contributed by atoms with Crippen LogP contribution in [0.25, 0.3) is 0 Å². The molecule has 1 aromatic heterocycles. The highest BCUT2D eigenvalue weighted by Gasteiger charge is 2.23. The molecule has 120 valence electrons. The molecule has 0 aliphatic heterocycles. The summed E-state index contributed by atoms with van der Waals surface area (Å²) in [6.07, 6.45) is 3.88. The van der Waals surface area contributed by atoms with Gasteiger partial charge in [0.15, 0.2) is 0 Å². The summed E-state index contributed by atoms with van der Waals surface area (Å²) >= 11 is 0. The summed E-state index contributed by atoms with van der Waals surface area (Å²) < 4.78 is 56.4. The van der Waals surface area contributed by atoms with E-state index in [1.807, 2.05) is 0 Å². The Kier molecular flexibility index (Phi) is 4.25. The molecular weight excluding hydrogens is 331 g/mol. The highest BCUT2D eigenvalue weighted by atomic mass is 32.3. The van der Waals surface area contributed by atoms with Gasteiger partial charge in [0.2, 0.25) is 0 Å². The number of rotatable bonds is 4. The van der Waals surface area contributed by atoms with Gasteiger partial charge >= 0.3 is 10.2 Å². The maximum Gasteiger partial charge on any atom is 0.352 e. The lowest BCUT2D eigenvalue weighted by Gasteiger charge is -2.14. The fourth-order valence-electron chi connectivity index (χ4n) is 1.73. The molecule has 0 aliphatic carbocycles. The van der Waals surface area contributed by atoms with Crippen molar-refractivity contribution in [1.82, 2.24) is 9.78 Å². The molecule has 0 saturated heterocycles. The van der Waals surface area contributed by atoms with E-state index in [2.05, 4.69) is 8.87 Å². The molecule has 0 saturated carbocycles. The maximum atomic E-state index is 13.7. The second-order valence-corrected chi connectivity index (χ2v) is 8.71. The van der Waals surface area contributed by atoms with Gasteiger partial charge in [-0.25, -0.2) is 8.60 Å². The first-order chi connectivity index (χ1) is 10.1. The molecule has 2 rings (SSSR count). The van der Waals surface area contributed by atoms with Gasteiger partial charge in [-0.1, -0.05) is 15.9 Å². The number of halogens is 1. The van der Waals surface area contributed by atoms with E-state index in [1.165, 1.54) is 42.3 Å². The van der Waals surface area contributed by atoms with Crippen molar-refractivity contribution in [3.8, 4) is 0 Å². The van der Waals surface area contributed by atoms with E-state index in [1.54, 1.807) is 7.05 Å². The van der Waals surface area contributed by atoms with Crippen molar-refractivity contribution in [2.24, 2.45) is 10.8 Å². The first-order valence-electron chi connectivity index (χ1n) is 6.09. The van der Waals surface area contributed by atoms with Crippen LogP contribution in [-0.2, 0) is 27.0 Å². The molecule has 0 bridgehead atoms. The summed E-state index contributed by atoms with van der Waals surface area (Å²) in [6, 6.07) is 5.24. The van der Waals surface area contributed by atoms with Crippen LogP contribution in [0.2, 0.25) is 0 Å². The molecule has 1 aromatic carbocycles. The minimum absolute atomic E-state index is 0.252. The molecule has 0 amide bonds. The third kappa shape index (κ3) is 3.28. The van der Waals surface area contributed by atoms with Gasteiger partial charge in [-0.3, -0.25) is 8.99 Å². The van der Waals surface area contributed by atoms with Crippen molar-refractivity contribution in [2.45, 2.75) is 4.90 Å². The molecule has 0 aliphatic rings. The van der Waals surface area contributed by atoms with E-state index < -0.39 is 25.8 Å². The zero-order valence-corrected chi connectivity index (χ0v) is 13.8. The average molecular weight is 346 g/mol. The largest absolute Gasteiger partial charge is 0.352 e. The highest BCUT2D eigenvalue weighted by Crippen LogP contribution is 2.21. The lowest BCUT2D eigenvalue weighted by atomic mass is 10.4. The van der Waals surface area contributed by atoms with Crippen molar-refractivity contribution in [1.29, 1.82) is 0 Å². The standard InChI is InChI=1S/C12H15FN4O3S2/c1-16-9-10(8-14-16)17(2)22(19,20)15-21(3,18)12-7-5-4-6-11(12)13/h4-9H,1-3H3. The lowest BCUT2D eigenvalue weighted by Crippen LogP contribution is -2.25. The number of hydrogen-bond donors (Lipinski definition) is 0. The predicted octanol–water partition coefficient (Wildman–Crippen LogP) is 1.40. The van der Waals surface area contributed by atoms with Crippen molar-refractivity contribution in [2.75, 3.05) is 17.6 Å². The molecule has 0 fully saturated rings. The van der Waals surface area contributed by atoms with Crippen LogP contribution in [0.4, 0.5) is 10.1 Å².